The molecule has 30 heavy (non-hydrogen) atoms. The Morgan fingerprint density at radius 3 is 2.50 bits per heavy atom. The molecular formula is C23H28ClFN4O. The van der Waals surface area contributed by atoms with Crippen LogP contribution < -0.4 is 5.32 Å². The van der Waals surface area contributed by atoms with Crippen LogP contribution in [0, 0.1) is 23.6 Å². The second kappa shape index (κ2) is 8.77. The Bertz CT molecular complexity index is 860. The lowest BCUT2D eigenvalue weighted by Gasteiger charge is -2.27. The van der Waals surface area contributed by atoms with E-state index in [1.807, 2.05) is 12.1 Å². The Balaban J connectivity index is 1.14. The first-order chi connectivity index (χ1) is 14.6. The number of rotatable bonds is 5. The predicted octanol–water partition coefficient (Wildman–Crippen LogP) is 4.49. The van der Waals surface area contributed by atoms with Gasteiger partial charge >= 0.3 is 0 Å². The van der Waals surface area contributed by atoms with Crippen molar-refractivity contribution in [1.29, 1.82) is 0 Å². The van der Waals surface area contributed by atoms with E-state index in [1.54, 1.807) is 6.07 Å². The topological polar surface area (TPSA) is 50.3 Å². The molecule has 2 unspecified atom stereocenters. The maximum Gasteiger partial charge on any atom is 0.148 e. The standard InChI is InChI=1S/C23H28ClFN4O/c24-21-11-18(25)1-2-20(21)22-3-4-23(28-27-22)26-19-9-16-13-29(14-17(16)10-19)12-15-5-7-30-8-6-15/h1-4,11,15-17,19H,5-10,12-14H2,(H,26,28). The summed E-state index contributed by atoms with van der Waals surface area (Å²) in [5.41, 5.74) is 1.34. The first-order valence-electron chi connectivity index (χ1n) is 11.0. The minimum atomic E-state index is -0.354. The van der Waals surface area contributed by atoms with Gasteiger partial charge in [-0.25, -0.2) is 4.39 Å². The number of anilines is 1. The van der Waals surface area contributed by atoms with Crippen LogP contribution in [0.15, 0.2) is 30.3 Å². The molecule has 0 amide bonds. The number of hydrogen-bond acceptors (Lipinski definition) is 5. The second-order valence-corrected chi connectivity index (χ2v) is 9.44. The van der Waals surface area contributed by atoms with Crippen LogP contribution >= 0.6 is 11.6 Å². The third-order valence-electron chi connectivity index (χ3n) is 6.91. The summed E-state index contributed by atoms with van der Waals surface area (Å²) in [7, 11) is 0. The Morgan fingerprint density at radius 1 is 1.07 bits per heavy atom. The highest BCUT2D eigenvalue weighted by Crippen LogP contribution is 2.39. The molecule has 2 saturated heterocycles. The van der Waals surface area contributed by atoms with Crippen LogP contribution in [0.3, 0.4) is 0 Å². The van der Waals surface area contributed by atoms with E-state index in [0.29, 0.717) is 22.3 Å². The SMILES string of the molecule is Fc1ccc(-c2ccc(NC3CC4CN(CC5CCOCC5)CC4C3)nn2)c(Cl)c1. The van der Waals surface area contributed by atoms with Gasteiger partial charge in [0.1, 0.15) is 11.6 Å². The molecule has 0 spiro atoms. The predicted molar refractivity (Wildman–Crippen MR) is 116 cm³/mol. The Hall–Kier alpha value is -1.76. The minimum absolute atomic E-state index is 0.346. The average Bonchev–Trinajstić information content (AvgIpc) is 3.27. The number of halogens is 2. The van der Waals surface area contributed by atoms with Gasteiger partial charge in [-0.05, 0) is 73.8 Å². The van der Waals surface area contributed by atoms with Gasteiger partial charge in [0.25, 0.3) is 0 Å². The van der Waals surface area contributed by atoms with E-state index in [0.717, 1.165) is 36.8 Å². The zero-order chi connectivity index (χ0) is 20.5. The fraction of sp³-hybridized carbons (Fsp3) is 0.565. The Kier molecular flexibility index (Phi) is 5.89. The highest BCUT2D eigenvalue weighted by Gasteiger charge is 2.41. The zero-order valence-corrected chi connectivity index (χ0v) is 17.8. The molecule has 3 fully saturated rings. The van der Waals surface area contributed by atoms with Gasteiger partial charge < -0.3 is 15.0 Å². The normalized spacial score (nSPS) is 27.3. The van der Waals surface area contributed by atoms with E-state index < -0.39 is 0 Å². The first kappa shape index (κ1) is 20.2. The molecule has 0 radical (unpaired) electrons. The highest BCUT2D eigenvalue weighted by atomic mass is 35.5. The van der Waals surface area contributed by atoms with Gasteiger partial charge in [-0.2, -0.15) is 0 Å². The van der Waals surface area contributed by atoms with Crippen molar-refractivity contribution in [1.82, 2.24) is 15.1 Å². The molecule has 1 aromatic heterocycles. The van der Waals surface area contributed by atoms with E-state index in [9.17, 15) is 4.39 Å². The summed E-state index contributed by atoms with van der Waals surface area (Å²) in [5, 5.41) is 12.5. The summed E-state index contributed by atoms with van der Waals surface area (Å²) in [4.78, 5) is 2.68. The number of hydrogen-bond donors (Lipinski definition) is 1. The largest absolute Gasteiger partial charge is 0.381 e. The van der Waals surface area contributed by atoms with Crippen LogP contribution in [0.4, 0.5) is 10.2 Å². The van der Waals surface area contributed by atoms with Crippen LogP contribution in [0.2, 0.25) is 5.02 Å². The van der Waals surface area contributed by atoms with Gasteiger partial charge in [0, 0.05) is 44.5 Å². The van der Waals surface area contributed by atoms with Crippen molar-refractivity contribution in [3.63, 3.8) is 0 Å². The molecule has 1 N–H and O–H groups in total. The van der Waals surface area contributed by atoms with E-state index in [4.69, 9.17) is 16.3 Å². The summed E-state index contributed by atoms with van der Waals surface area (Å²) in [6.07, 6.45) is 4.83. The quantitative estimate of drug-likeness (QED) is 0.757. The summed E-state index contributed by atoms with van der Waals surface area (Å²) < 4.78 is 18.7. The maximum atomic E-state index is 13.3. The van der Waals surface area contributed by atoms with E-state index in [2.05, 4.69) is 20.4 Å². The van der Waals surface area contributed by atoms with E-state index >= 15 is 0 Å². The Morgan fingerprint density at radius 2 is 1.83 bits per heavy atom. The fourth-order valence-corrected chi connectivity index (χ4v) is 5.68. The maximum absolute atomic E-state index is 13.3. The van der Waals surface area contributed by atoms with Crippen LogP contribution in [0.25, 0.3) is 11.3 Å². The van der Waals surface area contributed by atoms with Gasteiger partial charge in [-0.1, -0.05) is 11.6 Å². The van der Waals surface area contributed by atoms with Crippen molar-refractivity contribution in [3.05, 3.63) is 41.2 Å². The lowest BCUT2D eigenvalue weighted by Crippen LogP contribution is -2.32. The lowest BCUT2D eigenvalue weighted by molar-refractivity contribution is 0.0545. The number of benzene rings is 1. The Labute approximate surface area is 182 Å². The van der Waals surface area contributed by atoms with Gasteiger partial charge in [-0.3, -0.25) is 0 Å². The number of nitrogens with zero attached hydrogens (tertiary/aromatic N) is 3. The minimum Gasteiger partial charge on any atom is -0.381 e. The van der Waals surface area contributed by atoms with Crippen LogP contribution in [0.1, 0.15) is 25.7 Å². The number of nitrogens with one attached hydrogen (secondary N) is 1. The summed E-state index contributed by atoms with van der Waals surface area (Å²) in [5.74, 6) is 2.82. The number of ether oxygens (including phenoxy) is 1. The van der Waals surface area contributed by atoms with Crippen LogP contribution in [-0.4, -0.2) is 54.0 Å². The molecule has 5 rings (SSSR count). The molecule has 160 valence electrons. The second-order valence-electron chi connectivity index (χ2n) is 9.04. The summed E-state index contributed by atoms with van der Waals surface area (Å²) >= 11 is 6.14. The third kappa shape index (κ3) is 4.46. The van der Waals surface area contributed by atoms with Crippen molar-refractivity contribution >= 4 is 17.4 Å². The smallest absolute Gasteiger partial charge is 0.148 e. The molecule has 0 bridgehead atoms. The molecule has 1 aliphatic carbocycles. The number of likely N-dealkylation sites (tertiary alicyclic amines) is 1. The average molecular weight is 431 g/mol. The van der Waals surface area contributed by atoms with Gasteiger partial charge in [-0.15, -0.1) is 10.2 Å². The molecule has 1 saturated carbocycles. The van der Waals surface area contributed by atoms with E-state index in [1.165, 1.54) is 57.5 Å². The molecule has 5 nitrogen and oxygen atoms in total. The van der Waals surface area contributed by atoms with Crippen molar-refractivity contribution < 1.29 is 9.13 Å². The van der Waals surface area contributed by atoms with Gasteiger partial charge in [0.05, 0.1) is 10.7 Å². The van der Waals surface area contributed by atoms with Gasteiger partial charge in [0.2, 0.25) is 0 Å². The molecule has 2 aliphatic heterocycles. The van der Waals surface area contributed by atoms with Crippen LogP contribution in [-0.2, 0) is 4.74 Å². The number of aromatic nitrogens is 2. The molecule has 2 atom stereocenters. The molecule has 2 aromatic rings. The first-order valence-corrected chi connectivity index (χ1v) is 11.4. The molecule has 3 heterocycles. The molecule has 3 aliphatic rings. The zero-order valence-electron chi connectivity index (χ0n) is 17.1. The number of fused-ring (bicyclic) bond motifs is 1. The van der Waals surface area contributed by atoms with Crippen LogP contribution in [0.5, 0.6) is 0 Å². The van der Waals surface area contributed by atoms with Gasteiger partial charge in [0.15, 0.2) is 0 Å². The van der Waals surface area contributed by atoms with Crippen molar-refractivity contribution in [2.45, 2.75) is 31.7 Å². The summed E-state index contributed by atoms with van der Waals surface area (Å²) in [6.45, 7) is 5.57. The van der Waals surface area contributed by atoms with Crippen molar-refractivity contribution in [2.75, 3.05) is 38.2 Å². The van der Waals surface area contributed by atoms with Crippen molar-refractivity contribution in [2.24, 2.45) is 17.8 Å². The third-order valence-corrected chi connectivity index (χ3v) is 7.22. The monoisotopic (exact) mass is 430 g/mol. The summed E-state index contributed by atoms with van der Waals surface area (Å²) in [6, 6.07) is 8.61. The van der Waals surface area contributed by atoms with Crippen molar-refractivity contribution in [3.8, 4) is 11.3 Å². The molecular weight excluding hydrogens is 403 g/mol. The highest BCUT2D eigenvalue weighted by molar-refractivity contribution is 6.33. The lowest BCUT2D eigenvalue weighted by atomic mass is 10.00. The molecule has 7 heteroatoms. The molecule has 1 aromatic carbocycles. The van der Waals surface area contributed by atoms with E-state index in [-0.39, 0.29) is 5.82 Å². The fourth-order valence-electron chi connectivity index (χ4n) is 5.42.